The molecule has 1 N–H and O–H groups in total. The molecule has 20 heavy (non-hydrogen) atoms. The lowest BCUT2D eigenvalue weighted by molar-refractivity contribution is 0.582. The van der Waals surface area contributed by atoms with Crippen LogP contribution in [0.15, 0.2) is 16.9 Å². The Balaban J connectivity index is 2.29. The van der Waals surface area contributed by atoms with Crippen molar-refractivity contribution in [2.45, 2.75) is 32.6 Å². The van der Waals surface area contributed by atoms with Gasteiger partial charge in [0, 0.05) is 11.5 Å². The lowest BCUT2D eigenvalue weighted by Gasteiger charge is -2.10. The molecule has 0 amide bonds. The Hall–Kier alpha value is -2.04. The fourth-order valence-corrected chi connectivity index (χ4v) is 2.22. The third-order valence-corrected chi connectivity index (χ3v) is 3.65. The van der Waals surface area contributed by atoms with E-state index in [1.54, 1.807) is 6.92 Å². The fourth-order valence-electron chi connectivity index (χ4n) is 2.22. The monoisotopic (exact) mass is 276 g/mol. The highest BCUT2D eigenvalue weighted by Gasteiger charge is 2.28. The molecule has 0 spiro atoms. The maximum absolute atomic E-state index is 14.2. The van der Waals surface area contributed by atoms with Crippen LogP contribution in [0.2, 0.25) is 0 Å². The van der Waals surface area contributed by atoms with E-state index in [4.69, 9.17) is 0 Å². The number of nitrogens with zero attached hydrogens (tertiary/aromatic N) is 1. The molecule has 1 aromatic heterocycles. The highest BCUT2D eigenvalue weighted by Crippen LogP contribution is 2.38. The average Bonchev–Trinajstić information content (AvgIpc) is 3.23. The van der Waals surface area contributed by atoms with Gasteiger partial charge in [-0.2, -0.15) is 0 Å². The number of benzene rings is 1. The van der Waals surface area contributed by atoms with E-state index in [-0.39, 0.29) is 28.3 Å². The van der Waals surface area contributed by atoms with E-state index >= 15 is 0 Å². The van der Waals surface area contributed by atoms with Crippen molar-refractivity contribution in [3.63, 3.8) is 0 Å². The van der Waals surface area contributed by atoms with Gasteiger partial charge in [-0.3, -0.25) is 4.79 Å². The van der Waals surface area contributed by atoms with E-state index < -0.39 is 11.6 Å². The first-order chi connectivity index (χ1) is 9.49. The molecule has 1 saturated carbocycles. The van der Waals surface area contributed by atoms with Gasteiger partial charge in [-0.25, -0.2) is 13.8 Å². The lowest BCUT2D eigenvalue weighted by atomic mass is 10.0. The number of halogens is 2. The zero-order valence-electron chi connectivity index (χ0n) is 11.3. The van der Waals surface area contributed by atoms with Gasteiger partial charge in [-0.05, 0) is 38.3 Å². The van der Waals surface area contributed by atoms with Crippen molar-refractivity contribution in [2.24, 2.45) is 0 Å². The maximum atomic E-state index is 14.2. The van der Waals surface area contributed by atoms with Crippen molar-refractivity contribution in [1.29, 1.82) is 0 Å². The van der Waals surface area contributed by atoms with E-state index in [1.165, 1.54) is 19.1 Å². The summed E-state index contributed by atoms with van der Waals surface area (Å²) in [6.07, 6.45) is 1.90. The summed E-state index contributed by atoms with van der Waals surface area (Å²) in [5, 5.41) is 0. The number of rotatable bonds is 2. The van der Waals surface area contributed by atoms with E-state index in [1.807, 2.05) is 0 Å². The second-order valence-corrected chi connectivity index (χ2v) is 5.25. The minimum absolute atomic E-state index is 0.106. The van der Waals surface area contributed by atoms with Gasteiger partial charge >= 0.3 is 0 Å². The summed E-state index contributed by atoms with van der Waals surface area (Å²) >= 11 is 0. The number of aryl methyl sites for hydroxylation is 1. The first-order valence-electron chi connectivity index (χ1n) is 6.55. The number of hydrogen-bond donors (Lipinski definition) is 1. The molecule has 1 aliphatic carbocycles. The average molecular weight is 276 g/mol. The van der Waals surface area contributed by atoms with Crippen LogP contribution >= 0.6 is 0 Å². The molecular weight excluding hydrogens is 262 g/mol. The number of nitrogens with one attached hydrogen (secondary N) is 1. The summed E-state index contributed by atoms with van der Waals surface area (Å²) < 4.78 is 28.2. The predicted molar refractivity (Wildman–Crippen MR) is 71.7 cm³/mol. The third-order valence-electron chi connectivity index (χ3n) is 3.65. The lowest BCUT2D eigenvalue weighted by Crippen LogP contribution is -2.16. The van der Waals surface area contributed by atoms with Gasteiger partial charge in [-0.1, -0.05) is 6.07 Å². The Morgan fingerprint density at radius 1 is 1.25 bits per heavy atom. The van der Waals surface area contributed by atoms with Crippen molar-refractivity contribution >= 4 is 0 Å². The fraction of sp³-hybridized carbons (Fsp3) is 0.333. The smallest absolute Gasteiger partial charge is 0.254 e. The van der Waals surface area contributed by atoms with Crippen LogP contribution in [0.1, 0.15) is 35.7 Å². The normalized spacial score (nSPS) is 14.6. The van der Waals surface area contributed by atoms with Gasteiger partial charge in [0.05, 0.1) is 11.3 Å². The molecule has 1 aliphatic rings. The highest BCUT2D eigenvalue weighted by atomic mass is 19.1. The number of aromatic amines is 1. The van der Waals surface area contributed by atoms with Crippen LogP contribution in [0.3, 0.4) is 0 Å². The summed E-state index contributed by atoms with van der Waals surface area (Å²) in [6.45, 7) is 3.08. The summed E-state index contributed by atoms with van der Waals surface area (Å²) in [5.41, 5.74) is 0.121. The second kappa shape index (κ2) is 4.51. The number of aromatic nitrogens is 2. The SMILES string of the molecule is Cc1ccc(F)c(-c2nc(C3CC3)[nH]c(=O)c2C)c1F. The molecule has 3 nitrogen and oxygen atoms in total. The summed E-state index contributed by atoms with van der Waals surface area (Å²) in [5.74, 6) is -0.627. The second-order valence-electron chi connectivity index (χ2n) is 5.25. The van der Waals surface area contributed by atoms with Crippen molar-refractivity contribution < 1.29 is 8.78 Å². The zero-order chi connectivity index (χ0) is 14.4. The van der Waals surface area contributed by atoms with E-state index in [0.29, 0.717) is 11.4 Å². The molecule has 0 bridgehead atoms. The van der Waals surface area contributed by atoms with Crippen molar-refractivity contribution in [3.8, 4) is 11.3 Å². The van der Waals surface area contributed by atoms with Gasteiger partial charge in [0.15, 0.2) is 0 Å². The highest BCUT2D eigenvalue weighted by molar-refractivity contribution is 5.65. The molecule has 1 fully saturated rings. The van der Waals surface area contributed by atoms with Gasteiger partial charge in [0.25, 0.3) is 5.56 Å². The minimum Gasteiger partial charge on any atom is -0.310 e. The Morgan fingerprint density at radius 3 is 2.60 bits per heavy atom. The molecule has 104 valence electrons. The number of hydrogen-bond acceptors (Lipinski definition) is 2. The van der Waals surface area contributed by atoms with Crippen LogP contribution in [0, 0.1) is 25.5 Å². The third kappa shape index (κ3) is 2.03. The molecule has 5 heteroatoms. The van der Waals surface area contributed by atoms with Gasteiger partial charge in [-0.15, -0.1) is 0 Å². The molecule has 0 atom stereocenters. The molecular formula is C15H14F2N2O. The molecule has 3 rings (SSSR count). The standard InChI is InChI=1S/C15H14F2N2O/c1-7-3-6-10(16)11(12(7)17)13-8(2)15(20)19-14(18-13)9-4-5-9/h3,6,9H,4-5H2,1-2H3,(H,18,19,20). The van der Waals surface area contributed by atoms with Crippen molar-refractivity contribution in [2.75, 3.05) is 0 Å². The summed E-state index contributed by atoms with van der Waals surface area (Å²) in [4.78, 5) is 18.9. The molecule has 1 aromatic carbocycles. The van der Waals surface area contributed by atoms with Crippen LogP contribution in [0.4, 0.5) is 8.78 Å². The number of H-pyrrole nitrogens is 1. The van der Waals surface area contributed by atoms with Crippen molar-refractivity contribution in [1.82, 2.24) is 9.97 Å². The molecule has 0 unspecified atom stereocenters. The van der Waals surface area contributed by atoms with Gasteiger partial charge < -0.3 is 4.98 Å². The minimum atomic E-state index is -0.698. The van der Waals surface area contributed by atoms with Crippen LogP contribution in [0.25, 0.3) is 11.3 Å². The van der Waals surface area contributed by atoms with E-state index in [0.717, 1.165) is 12.8 Å². The van der Waals surface area contributed by atoms with Gasteiger partial charge in [0.1, 0.15) is 17.5 Å². The Bertz CT molecular complexity index is 748. The predicted octanol–water partition coefficient (Wildman–Crippen LogP) is 3.21. The summed E-state index contributed by atoms with van der Waals surface area (Å²) in [7, 11) is 0. The zero-order valence-corrected chi connectivity index (χ0v) is 11.3. The molecule has 0 aliphatic heterocycles. The Kier molecular flexibility index (Phi) is 2.92. The van der Waals surface area contributed by atoms with E-state index in [2.05, 4.69) is 9.97 Å². The van der Waals surface area contributed by atoms with Gasteiger partial charge in [0.2, 0.25) is 0 Å². The van der Waals surface area contributed by atoms with Crippen molar-refractivity contribution in [3.05, 3.63) is 51.1 Å². The summed E-state index contributed by atoms with van der Waals surface area (Å²) in [6, 6.07) is 2.57. The topological polar surface area (TPSA) is 45.8 Å². The first-order valence-corrected chi connectivity index (χ1v) is 6.55. The Labute approximate surface area is 114 Å². The van der Waals surface area contributed by atoms with Crippen LogP contribution in [-0.4, -0.2) is 9.97 Å². The Morgan fingerprint density at radius 2 is 1.95 bits per heavy atom. The molecule has 0 saturated heterocycles. The van der Waals surface area contributed by atoms with Crippen LogP contribution in [0.5, 0.6) is 0 Å². The largest absolute Gasteiger partial charge is 0.310 e. The quantitative estimate of drug-likeness (QED) is 0.915. The molecule has 1 heterocycles. The van der Waals surface area contributed by atoms with E-state index in [9.17, 15) is 13.6 Å². The molecule has 2 aromatic rings. The van der Waals surface area contributed by atoms with Crippen LogP contribution < -0.4 is 5.56 Å². The first kappa shape index (κ1) is 13.0. The van der Waals surface area contributed by atoms with Crippen LogP contribution in [-0.2, 0) is 0 Å². The molecule has 0 radical (unpaired) electrons. The maximum Gasteiger partial charge on any atom is 0.254 e.